The molecule has 3 nitrogen and oxygen atoms in total. The molecule has 0 saturated carbocycles. The van der Waals surface area contributed by atoms with Crippen molar-refractivity contribution >= 4 is 33.0 Å². The van der Waals surface area contributed by atoms with Gasteiger partial charge in [0.25, 0.3) is 0 Å². The number of benzene rings is 6. The van der Waals surface area contributed by atoms with Crippen molar-refractivity contribution in [2.24, 2.45) is 0 Å². The van der Waals surface area contributed by atoms with Crippen molar-refractivity contribution in [1.82, 2.24) is 9.97 Å². The second-order valence-electron chi connectivity index (χ2n) is 10.5. The quantitative estimate of drug-likeness (QED) is 0.215. The predicted molar refractivity (Wildman–Crippen MR) is 168 cm³/mol. The average molecular weight is 523 g/mol. The minimum atomic E-state index is 0.893. The van der Waals surface area contributed by atoms with Gasteiger partial charge in [0.05, 0.1) is 11.0 Å². The molecule has 190 valence electrons. The zero-order valence-corrected chi connectivity index (χ0v) is 22.0. The average Bonchev–Trinajstić information content (AvgIpc) is 3.42. The predicted octanol–water partition coefficient (Wildman–Crippen LogP) is 10.2. The SMILES string of the molecule is c1ccc2c(c1)-c1ccc3nccnc3c1-c1ccccc1-c1cccc(-c3cccc4c3oc3ccccc34)c1-2. The fourth-order valence-electron chi connectivity index (χ4n) is 6.66. The molecular weight excluding hydrogens is 500 g/mol. The Balaban J connectivity index is 1.45. The molecule has 0 aliphatic heterocycles. The van der Waals surface area contributed by atoms with Gasteiger partial charge in [-0.15, -0.1) is 0 Å². The van der Waals surface area contributed by atoms with Gasteiger partial charge in [-0.05, 0) is 56.6 Å². The van der Waals surface area contributed by atoms with E-state index in [0.717, 1.165) is 60.8 Å². The third kappa shape index (κ3) is 3.14. The van der Waals surface area contributed by atoms with Crippen LogP contribution in [0.3, 0.4) is 0 Å². The third-order valence-electron chi connectivity index (χ3n) is 8.37. The molecule has 0 N–H and O–H groups in total. The zero-order chi connectivity index (χ0) is 26.9. The number of nitrogens with zero attached hydrogens (tertiary/aromatic N) is 2. The zero-order valence-electron chi connectivity index (χ0n) is 22.0. The Morgan fingerprint density at radius 2 is 0.951 bits per heavy atom. The minimum absolute atomic E-state index is 0.893. The highest BCUT2D eigenvalue weighted by molar-refractivity contribution is 6.15. The molecule has 0 spiro atoms. The molecule has 2 heterocycles. The lowest BCUT2D eigenvalue weighted by Gasteiger charge is -2.25. The molecule has 3 heteroatoms. The van der Waals surface area contributed by atoms with Gasteiger partial charge in [0.15, 0.2) is 0 Å². The first-order chi connectivity index (χ1) is 20.4. The molecular formula is C38H22N2O. The van der Waals surface area contributed by atoms with Crippen LogP contribution < -0.4 is 0 Å². The molecule has 0 fully saturated rings. The van der Waals surface area contributed by atoms with E-state index in [0.29, 0.717) is 0 Å². The number of fused-ring (bicyclic) bond motifs is 13. The van der Waals surface area contributed by atoms with Gasteiger partial charge in [0.1, 0.15) is 11.2 Å². The highest BCUT2D eigenvalue weighted by atomic mass is 16.3. The van der Waals surface area contributed by atoms with Crippen molar-refractivity contribution in [1.29, 1.82) is 0 Å². The first-order valence-corrected chi connectivity index (χ1v) is 13.8. The summed E-state index contributed by atoms with van der Waals surface area (Å²) in [6.45, 7) is 0. The summed E-state index contributed by atoms with van der Waals surface area (Å²) >= 11 is 0. The molecule has 1 aliphatic carbocycles. The summed E-state index contributed by atoms with van der Waals surface area (Å²) in [5, 5.41) is 2.27. The standard InChI is InChI=1S/C38H22N2O/c1-3-12-26-24(10-1)30-19-20-33-37(40-22-21-39-33)36(30)28-13-4-2-9-23(28)27-14-7-15-29(35(26)27)32-17-8-16-31-25-11-5-6-18-34(25)41-38(31)32/h1-22H. The van der Waals surface area contributed by atoms with Crippen LogP contribution >= 0.6 is 0 Å². The Kier molecular flexibility index (Phi) is 4.61. The van der Waals surface area contributed by atoms with Crippen LogP contribution in [0.15, 0.2) is 138 Å². The van der Waals surface area contributed by atoms with Gasteiger partial charge >= 0.3 is 0 Å². The van der Waals surface area contributed by atoms with Crippen LogP contribution in [0.5, 0.6) is 0 Å². The van der Waals surface area contributed by atoms with Crippen molar-refractivity contribution in [2.75, 3.05) is 0 Å². The van der Waals surface area contributed by atoms with E-state index in [1.54, 1.807) is 12.4 Å². The maximum absolute atomic E-state index is 6.53. The van der Waals surface area contributed by atoms with Crippen LogP contribution in [0.4, 0.5) is 0 Å². The van der Waals surface area contributed by atoms with E-state index in [1.165, 1.54) is 27.8 Å². The molecule has 2 aromatic heterocycles. The number of para-hydroxylation sites is 2. The van der Waals surface area contributed by atoms with Crippen molar-refractivity contribution in [3.8, 4) is 55.6 Å². The van der Waals surface area contributed by atoms with E-state index in [2.05, 4.69) is 114 Å². The fourth-order valence-corrected chi connectivity index (χ4v) is 6.66. The normalized spacial score (nSPS) is 11.9. The lowest BCUT2D eigenvalue weighted by molar-refractivity contribution is 0.670. The smallest absolute Gasteiger partial charge is 0.143 e. The number of aromatic nitrogens is 2. The molecule has 0 radical (unpaired) electrons. The highest BCUT2D eigenvalue weighted by Gasteiger charge is 2.26. The summed E-state index contributed by atoms with van der Waals surface area (Å²) in [6.07, 6.45) is 3.55. The molecule has 0 bridgehead atoms. The van der Waals surface area contributed by atoms with Crippen molar-refractivity contribution in [2.45, 2.75) is 0 Å². The molecule has 0 unspecified atom stereocenters. The Morgan fingerprint density at radius 1 is 0.390 bits per heavy atom. The third-order valence-corrected chi connectivity index (χ3v) is 8.37. The van der Waals surface area contributed by atoms with Crippen molar-refractivity contribution in [3.05, 3.63) is 134 Å². The van der Waals surface area contributed by atoms with Gasteiger partial charge in [-0.1, -0.05) is 109 Å². The van der Waals surface area contributed by atoms with E-state index >= 15 is 0 Å². The van der Waals surface area contributed by atoms with Crippen LogP contribution in [-0.4, -0.2) is 9.97 Å². The molecule has 8 aromatic rings. The minimum Gasteiger partial charge on any atom is -0.455 e. The lowest BCUT2D eigenvalue weighted by atomic mass is 9.78. The largest absolute Gasteiger partial charge is 0.455 e. The van der Waals surface area contributed by atoms with E-state index in [1.807, 2.05) is 12.1 Å². The van der Waals surface area contributed by atoms with E-state index in [-0.39, 0.29) is 0 Å². The van der Waals surface area contributed by atoms with Crippen molar-refractivity contribution < 1.29 is 4.42 Å². The van der Waals surface area contributed by atoms with Crippen LogP contribution in [0.1, 0.15) is 0 Å². The Hall–Kier alpha value is -5.54. The summed E-state index contributed by atoms with van der Waals surface area (Å²) in [6, 6.07) is 43.1. The number of hydrogen-bond acceptors (Lipinski definition) is 3. The van der Waals surface area contributed by atoms with Gasteiger partial charge in [-0.2, -0.15) is 0 Å². The molecule has 0 saturated heterocycles. The second-order valence-corrected chi connectivity index (χ2v) is 10.5. The molecule has 9 rings (SSSR count). The maximum atomic E-state index is 6.53. The van der Waals surface area contributed by atoms with E-state index < -0.39 is 0 Å². The Bertz CT molecular complexity index is 2320. The number of rotatable bonds is 1. The first-order valence-electron chi connectivity index (χ1n) is 13.8. The molecule has 41 heavy (non-hydrogen) atoms. The summed E-state index contributed by atoms with van der Waals surface area (Å²) < 4.78 is 6.53. The summed E-state index contributed by atoms with van der Waals surface area (Å²) in [7, 11) is 0. The van der Waals surface area contributed by atoms with Gasteiger partial charge in [-0.3, -0.25) is 9.97 Å². The van der Waals surface area contributed by atoms with Crippen LogP contribution in [-0.2, 0) is 0 Å². The van der Waals surface area contributed by atoms with Crippen LogP contribution in [0.25, 0.3) is 88.6 Å². The van der Waals surface area contributed by atoms with Gasteiger partial charge in [0, 0.05) is 34.3 Å². The van der Waals surface area contributed by atoms with E-state index in [4.69, 9.17) is 9.40 Å². The summed E-state index contributed by atoms with van der Waals surface area (Å²) in [5.74, 6) is 0. The molecule has 0 atom stereocenters. The lowest BCUT2D eigenvalue weighted by Crippen LogP contribution is -2.00. The monoisotopic (exact) mass is 522 g/mol. The number of furan rings is 1. The van der Waals surface area contributed by atoms with Crippen LogP contribution in [0.2, 0.25) is 0 Å². The topological polar surface area (TPSA) is 38.9 Å². The van der Waals surface area contributed by atoms with Gasteiger partial charge in [0.2, 0.25) is 0 Å². The molecule has 0 amide bonds. The fraction of sp³-hybridized carbons (Fsp3) is 0. The maximum Gasteiger partial charge on any atom is 0.143 e. The number of hydrogen-bond donors (Lipinski definition) is 0. The van der Waals surface area contributed by atoms with Gasteiger partial charge < -0.3 is 4.42 Å². The Morgan fingerprint density at radius 3 is 1.78 bits per heavy atom. The molecule has 1 aliphatic rings. The van der Waals surface area contributed by atoms with Crippen LogP contribution in [0, 0.1) is 0 Å². The second kappa shape index (κ2) is 8.48. The summed E-state index contributed by atoms with van der Waals surface area (Å²) in [5.41, 5.74) is 15.2. The Labute approximate surface area is 236 Å². The molecule has 6 aromatic carbocycles. The van der Waals surface area contributed by atoms with Gasteiger partial charge in [-0.25, -0.2) is 0 Å². The first kappa shape index (κ1) is 22.3. The van der Waals surface area contributed by atoms with Crippen molar-refractivity contribution in [3.63, 3.8) is 0 Å². The highest BCUT2D eigenvalue weighted by Crippen LogP contribution is 2.52. The summed E-state index contributed by atoms with van der Waals surface area (Å²) in [4.78, 5) is 9.48. The van der Waals surface area contributed by atoms with E-state index in [9.17, 15) is 0 Å².